The highest BCUT2D eigenvalue weighted by Crippen LogP contribution is 2.35. The highest BCUT2D eigenvalue weighted by molar-refractivity contribution is 6.35. The van der Waals surface area contributed by atoms with Crippen molar-refractivity contribution in [2.75, 3.05) is 37.6 Å². The van der Waals surface area contributed by atoms with Gasteiger partial charge in [-0.1, -0.05) is 23.7 Å². The molecule has 1 N–H and O–H groups in total. The highest BCUT2D eigenvalue weighted by atomic mass is 35.5. The molecule has 4 amide bonds. The van der Waals surface area contributed by atoms with Gasteiger partial charge in [-0.25, -0.2) is 9.18 Å². The van der Waals surface area contributed by atoms with Gasteiger partial charge in [-0.2, -0.15) is 18.3 Å². The van der Waals surface area contributed by atoms with E-state index in [9.17, 15) is 31.9 Å². The van der Waals surface area contributed by atoms with Gasteiger partial charge in [0.25, 0.3) is 0 Å². The van der Waals surface area contributed by atoms with Crippen LogP contribution in [0.3, 0.4) is 0 Å². The second-order valence-electron chi connectivity index (χ2n) is 11.6. The molecule has 9 nitrogen and oxygen atoms in total. The Hall–Kier alpha value is -3.87. The molecule has 0 unspecified atom stereocenters. The number of piperidine rings is 1. The number of para-hydroxylation sites is 1. The van der Waals surface area contributed by atoms with Crippen LogP contribution < -0.4 is 4.90 Å². The number of alkyl halides is 3. The van der Waals surface area contributed by atoms with Crippen molar-refractivity contribution in [2.45, 2.75) is 50.9 Å². The zero-order valence-corrected chi connectivity index (χ0v) is 24.5. The van der Waals surface area contributed by atoms with Crippen molar-refractivity contribution in [2.24, 2.45) is 5.92 Å². The second kappa shape index (κ2) is 11.9. The van der Waals surface area contributed by atoms with Crippen molar-refractivity contribution < 1.29 is 31.9 Å². The van der Waals surface area contributed by atoms with Crippen LogP contribution in [-0.2, 0) is 22.6 Å². The van der Waals surface area contributed by atoms with E-state index in [2.05, 4.69) is 10.2 Å². The molecule has 2 aromatic carbocycles. The summed E-state index contributed by atoms with van der Waals surface area (Å²) in [5.74, 6) is -2.41. The van der Waals surface area contributed by atoms with E-state index in [0.717, 1.165) is 10.5 Å². The molecular formula is C30H31ClF4N6O3. The van der Waals surface area contributed by atoms with Crippen LogP contribution in [0.15, 0.2) is 36.5 Å². The normalized spacial score (nSPS) is 20.3. The van der Waals surface area contributed by atoms with Crippen LogP contribution in [0.5, 0.6) is 0 Å². The van der Waals surface area contributed by atoms with Gasteiger partial charge in [-0.15, -0.1) is 0 Å². The summed E-state index contributed by atoms with van der Waals surface area (Å²) in [4.78, 5) is 45.5. The third-order valence-electron chi connectivity index (χ3n) is 8.90. The molecule has 3 aliphatic heterocycles. The predicted molar refractivity (Wildman–Crippen MR) is 154 cm³/mol. The standard InChI is InChI=1S/C30H31ClF4N6O3/c31-23-13-18-5-6-19(28(43)39(17-30(33,34)35)16-22(18)21-15-36-37-27(21)23)14-26(42)38-9-7-20(8-10-38)40-11-12-41(29(40)44)25-4-2-1-3-24(25)32/h1-4,13,15,19-20H,5-12,14,16-17H2,(H,36,37)/t19-/m0/s1. The molecule has 2 fully saturated rings. The van der Waals surface area contributed by atoms with Crippen molar-refractivity contribution in [1.29, 1.82) is 0 Å². The number of carbonyl (C=O) groups excluding carboxylic acids is 3. The number of carbonyl (C=O) groups is 3. The number of hydrogen-bond acceptors (Lipinski definition) is 4. The lowest BCUT2D eigenvalue weighted by Gasteiger charge is -2.37. The molecule has 2 saturated heterocycles. The van der Waals surface area contributed by atoms with Gasteiger partial charge in [0.05, 0.1) is 22.4 Å². The fraction of sp³-hybridized carbons (Fsp3) is 0.467. The lowest BCUT2D eigenvalue weighted by molar-refractivity contribution is -0.166. The minimum absolute atomic E-state index is 0.130. The summed E-state index contributed by atoms with van der Waals surface area (Å²) < 4.78 is 55.1. The third kappa shape index (κ3) is 5.93. The van der Waals surface area contributed by atoms with Crippen molar-refractivity contribution in [3.63, 3.8) is 0 Å². The first-order chi connectivity index (χ1) is 21.0. The Morgan fingerprint density at radius 2 is 1.82 bits per heavy atom. The molecule has 0 radical (unpaired) electrons. The van der Waals surface area contributed by atoms with Crippen molar-refractivity contribution >= 4 is 46.0 Å². The Bertz CT molecular complexity index is 1590. The number of benzene rings is 2. The highest BCUT2D eigenvalue weighted by Gasteiger charge is 2.40. The topological polar surface area (TPSA) is 92.8 Å². The van der Waals surface area contributed by atoms with E-state index in [0.29, 0.717) is 66.9 Å². The minimum atomic E-state index is -4.62. The average molecular weight is 635 g/mol. The Kier molecular flexibility index (Phi) is 8.16. The lowest BCUT2D eigenvalue weighted by atomic mass is 9.88. The zero-order valence-electron chi connectivity index (χ0n) is 23.7. The van der Waals surface area contributed by atoms with E-state index < -0.39 is 30.4 Å². The number of hydrogen-bond donors (Lipinski definition) is 1. The van der Waals surface area contributed by atoms with E-state index >= 15 is 0 Å². The van der Waals surface area contributed by atoms with E-state index in [1.54, 1.807) is 34.1 Å². The number of anilines is 1. The Balaban J connectivity index is 1.12. The van der Waals surface area contributed by atoms with Gasteiger partial charge in [0.15, 0.2) is 0 Å². The molecule has 1 atom stereocenters. The third-order valence-corrected chi connectivity index (χ3v) is 9.20. The number of nitrogens with zero attached hydrogens (tertiary/aromatic N) is 5. The van der Waals surface area contributed by atoms with Crippen molar-refractivity contribution in [3.05, 3.63) is 58.5 Å². The first-order valence-electron chi connectivity index (χ1n) is 14.6. The summed E-state index contributed by atoms with van der Waals surface area (Å²) in [5, 5.41) is 7.69. The van der Waals surface area contributed by atoms with Crippen molar-refractivity contribution in [3.8, 4) is 0 Å². The number of rotatable bonds is 5. The first kappa shape index (κ1) is 30.2. The quantitative estimate of drug-likeness (QED) is 0.394. The molecule has 0 saturated carbocycles. The van der Waals surface area contributed by atoms with Crippen LogP contribution >= 0.6 is 11.6 Å². The number of halogens is 5. The summed E-state index contributed by atoms with van der Waals surface area (Å²) in [6, 6.07) is 7.39. The Morgan fingerprint density at radius 1 is 1.07 bits per heavy atom. The van der Waals surface area contributed by atoms with Gasteiger partial charge < -0.3 is 14.7 Å². The molecule has 44 heavy (non-hydrogen) atoms. The fourth-order valence-electron chi connectivity index (χ4n) is 6.67. The molecule has 0 bridgehead atoms. The number of fused-ring (bicyclic) bond motifs is 3. The van der Waals surface area contributed by atoms with Crippen LogP contribution in [0.25, 0.3) is 10.9 Å². The molecule has 1 aromatic heterocycles. The molecule has 0 aliphatic carbocycles. The van der Waals surface area contributed by atoms with E-state index in [4.69, 9.17) is 11.6 Å². The maximum Gasteiger partial charge on any atom is 0.406 e. The van der Waals surface area contributed by atoms with Crippen LogP contribution in [0.4, 0.5) is 28.0 Å². The fourth-order valence-corrected chi connectivity index (χ4v) is 6.94. The lowest BCUT2D eigenvalue weighted by Crippen LogP contribution is -2.49. The van der Waals surface area contributed by atoms with E-state index in [-0.39, 0.29) is 43.1 Å². The van der Waals surface area contributed by atoms with Crippen LogP contribution in [0, 0.1) is 11.7 Å². The van der Waals surface area contributed by atoms with Crippen LogP contribution in [0.1, 0.15) is 36.8 Å². The molecule has 234 valence electrons. The van der Waals surface area contributed by atoms with Crippen LogP contribution in [-0.4, -0.2) is 87.7 Å². The van der Waals surface area contributed by atoms with Gasteiger partial charge in [-0.3, -0.25) is 19.6 Å². The number of H-pyrrole nitrogens is 1. The number of amides is 4. The molecule has 6 rings (SSSR count). The van der Waals surface area contributed by atoms with Crippen molar-refractivity contribution in [1.82, 2.24) is 24.9 Å². The number of nitrogens with one attached hydrogen (secondary N) is 1. The molecular weight excluding hydrogens is 604 g/mol. The summed E-state index contributed by atoms with van der Waals surface area (Å²) in [7, 11) is 0. The maximum absolute atomic E-state index is 14.3. The largest absolute Gasteiger partial charge is 0.406 e. The maximum atomic E-state index is 14.3. The van der Waals surface area contributed by atoms with Gasteiger partial charge >= 0.3 is 12.2 Å². The summed E-state index contributed by atoms with van der Waals surface area (Å²) in [5.41, 5.74) is 2.01. The van der Waals surface area contributed by atoms with Gasteiger partial charge in [0, 0.05) is 56.5 Å². The molecule has 3 aromatic rings. The molecule has 4 heterocycles. The van der Waals surface area contributed by atoms with E-state index in [1.165, 1.54) is 17.2 Å². The first-order valence-corrected chi connectivity index (χ1v) is 15.0. The number of urea groups is 1. The SMILES string of the molecule is O=C(C[C@@H]1CCc2cc(Cl)c3[nH]ncc3c2CN(CC(F)(F)F)C1=O)N1CCC(N2CCN(c3ccccc3F)C2=O)CC1. The molecule has 3 aliphatic rings. The number of aromatic nitrogens is 2. The summed E-state index contributed by atoms with van der Waals surface area (Å²) in [6.45, 7) is -0.221. The average Bonchev–Trinajstić information content (AvgIpc) is 3.63. The molecule has 14 heteroatoms. The molecule has 0 spiro atoms. The minimum Gasteiger partial charge on any atom is -0.343 e. The van der Waals surface area contributed by atoms with Gasteiger partial charge in [-0.05, 0) is 55.0 Å². The number of aryl methyl sites for hydroxylation is 1. The van der Waals surface area contributed by atoms with Crippen LogP contribution in [0.2, 0.25) is 5.02 Å². The monoisotopic (exact) mass is 634 g/mol. The summed E-state index contributed by atoms with van der Waals surface area (Å²) in [6.07, 6.45) is -1.76. The number of aromatic amines is 1. The zero-order chi connectivity index (χ0) is 31.2. The van der Waals surface area contributed by atoms with Gasteiger partial charge in [0.2, 0.25) is 11.8 Å². The second-order valence-corrected chi connectivity index (χ2v) is 12.0. The van der Waals surface area contributed by atoms with Gasteiger partial charge in [0.1, 0.15) is 12.4 Å². The smallest absolute Gasteiger partial charge is 0.343 e. The number of likely N-dealkylation sites (tertiary alicyclic amines) is 1. The summed E-state index contributed by atoms with van der Waals surface area (Å²) >= 11 is 6.40. The Labute approximate surface area is 255 Å². The Morgan fingerprint density at radius 3 is 2.55 bits per heavy atom. The van der Waals surface area contributed by atoms with E-state index in [1.807, 2.05) is 0 Å². The predicted octanol–water partition coefficient (Wildman–Crippen LogP) is 5.13.